The predicted molar refractivity (Wildman–Crippen MR) is 77.3 cm³/mol. The molecule has 1 aromatic carbocycles. The van der Waals surface area contributed by atoms with Crippen molar-refractivity contribution in [1.82, 2.24) is 4.90 Å². The van der Waals surface area contributed by atoms with E-state index in [9.17, 15) is 4.79 Å². The Morgan fingerprint density at radius 2 is 1.84 bits per heavy atom. The van der Waals surface area contributed by atoms with E-state index >= 15 is 0 Å². The third kappa shape index (κ3) is 4.06. The van der Waals surface area contributed by atoms with E-state index in [1.54, 1.807) is 4.90 Å². The van der Waals surface area contributed by atoms with Crippen molar-refractivity contribution in [2.75, 3.05) is 32.7 Å². The molecular weight excluding hydrogens is 236 g/mol. The lowest BCUT2D eigenvalue weighted by atomic mass is 10.1. The van der Waals surface area contributed by atoms with E-state index in [-0.39, 0.29) is 5.91 Å². The van der Waals surface area contributed by atoms with E-state index in [2.05, 4.69) is 38.1 Å². The quantitative estimate of drug-likeness (QED) is 0.847. The molecule has 0 saturated carbocycles. The van der Waals surface area contributed by atoms with Gasteiger partial charge >= 0.3 is 0 Å². The zero-order chi connectivity index (χ0) is 13.7. The highest BCUT2D eigenvalue weighted by atomic mass is 16.2. The smallest absolute Gasteiger partial charge is 0.227 e. The molecule has 19 heavy (non-hydrogen) atoms. The number of carbonyl (C=O) groups excluding carboxylic acids is 1. The summed E-state index contributed by atoms with van der Waals surface area (Å²) in [5, 5.41) is 0. The molecule has 1 N–H and O–H groups in total. The summed E-state index contributed by atoms with van der Waals surface area (Å²) < 4.78 is 0. The van der Waals surface area contributed by atoms with Crippen LogP contribution in [-0.2, 0) is 11.2 Å². The zero-order valence-electron chi connectivity index (χ0n) is 12.1. The maximum Gasteiger partial charge on any atom is 0.227 e. The Balaban J connectivity index is 1.83. The average Bonchev–Trinajstić information content (AvgIpc) is 2.42. The average molecular weight is 261 g/mol. The number of carbonyl (C=O) groups is 1. The van der Waals surface area contributed by atoms with Crippen molar-refractivity contribution in [3.63, 3.8) is 0 Å². The van der Waals surface area contributed by atoms with Crippen LogP contribution in [0.2, 0.25) is 0 Å². The van der Waals surface area contributed by atoms with Crippen molar-refractivity contribution >= 4 is 5.91 Å². The van der Waals surface area contributed by atoms with E-state index in [0.29, 0.717) is 6.42 Å². The summed E-state index contributed by atoms with van der Waals surface area (Å²) in [5.74, 6) is 0.277. The van der Waals surface area contributed by atoms with Crippen molar-refractivity contribution in [2.45, 2.75) is 26.7 Å². The van der Waals surface area contributed by atoms with E-state index in [0.717, 1.165) is 31.7 Å². The van der Waals surface area contributed by atoms with Crippen molar-refractivity contribution in [1.29, 1.82) is 0 Å². The van der Waals surface area contributed by atoms with Crippen LogP contribution >= 0.6 is 0 Å². The molecule has 0 unspecified atom stereocenters. The van der Waals surface area contributed by atoms with Crippen LogP contribution in [0.4, 0.5) is 0 Å². The fourth-order valence-corrected chi connectivity index (χ4v) is 2.67. The van der Waals surface area contributed by atoms with Crippen LogP contribution in [0.5, 0.6) is 0 Å². The van der Waals surface area contributed by atoms with Gasteiger partial charge in [-0.05, 0) is 18.9 Å². The lowest BCUT2D eigenvalue weighted by Gasteiger charge is -2.32. The maximum absolute atomic E-state index is 12.2. The SMILES string of the molecule is CCC[NH+]1CCN(C(=O)Cc2ccc(C)cc2)CC1. The Bertz CT molecular complexity index is 405. The molecule has 1 heterocycles. The van der Waals surface area contributed by atoms with Gasteiger partial charge in [-0.1, -0.05) is 36.8 Å². The molecule has 3 nitrogen and oxygen atoms in total. The van der Waals surface area contributed by atoms with Crippen molar-refractivity contribution in [2.24, 2.45) is 0 Å². The molecule has 0 aliphatic carbocycles. The number of rotatable bonds is 4. The van der Waals surface area contributed by atoms with Gasteiger partial charge in [0, 0.05) is 0 Å². The zero-order valence-corrected chi connectivity index (χ0v) is 12.1. The molecule has 1 aliphatic rings. The Morgan fingerprint density at radius 1 is 1.21 bits per heavy atom. The molecule has 2 rings (SSSR count). The minimum atomic E-state index is 0.277. The molecule has 0 radical (unpaired) electrons. The molecule has 0 spiro atoms. The van der Waals surface area contributed by atoms with E-state index in [4.69, 9.17) is 0 Å². The highest BCUT2D eigenvalue weighted by molar-refractivity contribution is 5.78. The number of hydrogen-bond acceptors (Lipinski definition) is 1. The highest BCUT2D eigenvalue weighted by Crippen LogP contribution is 2.06. The predicted octanol–water partition coefficient (Wildman–Crippen LogP) is 0.675. The molecule has 1 saturated heterocycles. The van der Waals surface area contributed by atoms with Gasteiger partial charge in [0.1, 0.15) is 0 Å². The van der Waals surface area contributed by atoms with Crippen LogP contribution in [0, 0.1) is 6.92 Å². The second kappa shape index (κ2) is 6.71. The first-order chi connectivity index (χ1) is 9.19. The number of piperazine rings is 1. The molecule has 0 bridgehead atoms. The van der Waals surface area contributed by atoms with Gasteiger partial charge in [0.2, 0.25) is 5.91 Å². The number of quaternary nitrogens is 1. The van der Waals surface area contributed by atoms with Crippen molar-refractivity contribution in [3.05, 3.63) is 35.4 Å². The minimum Gasteiger partial charge on any atom is -0.332 e. The Hall–Kier alpha value is -1.35. The molecule has 1 fully saturated rings. The fourth-order valence-electron chi connectivity index (χ4n) is 2.67. The molecule has 1 aromatic rings. The molecule has 1 aliphatic heterocycles. The van der Waals surface area contributed by atoms with Gasteiger partial charge in [-0.2, -0.15) is 0 Å². The number of benzene rings is 1. The third-order valence-electron chi connectivity index (χ3n) is 3.90. The molecule has 104 valence electrons. The van der Waals surface area contributed by atoms with Gasteiger partial charge in [-0.15, -0.1) is 0 Å². The monoisotopic (exact) mass is 261 g/mol. The third-order valence-corrected chi connectivity index (χ3v) is 3.90. The Kier molecular flexibility index (Phi) is 4.97. The number of amides is 1. The molecule has 0 aromatic heterocycles. The van der Waals surface area contributed by atoms with Crippen LogP contribution in [0.3, 0.4) is 0 Å². The van der Waals surface area contributed by atoms with Gasteiger partial charge in [0.15, 0.2) is 0 Å². The first kappa shape index (κ1) is 14.1. The maximum atomic E-state index is 12.2. The van der Waals surface area contributed by atoms with Crippen LogP contribution in [0.25, 0.3) is 0 Å². The summed E-state index contributed by atoms with van der Waals surface area (Å²) >= 11 is 0. The largest absolute Gasteiger partial charge is 0.332 e. The fraction of sp³-hybridized carbons (Fsp3) is 0.562. The number of nitrogens with one attached hydrogen (secondary N) is 1. The summed E-state index contributed by atoms with van der Waals surface area (Å²) in [7, 11) is 0. The normalized spacial score (nSPS) is 16.6. The van der Waals surface area contributed by atoms with Crippen LogP contribution in [0.15, 0.2) is 24.3 Å². The molecule has 3 heteroatoms. The van der Waals surface area contributed by atoms with Gasteiger partial charge in [-0.25, -0.2) is 0 Å². The summed E-state index contributed by atoms with van der Waals surface area (Å²) in [4.78, 5) is 15.9. The van der Waals surface area contributed by atoms with E-state index in [1.807, 2.05) is 4.90 Å². The van der Waals surface area contributed by atoms with Gasteiger partial charge < -0.3 is 9.80 Å². The highest BCUT2D eigenvalue weighted by Gasteiger charge is 2.22. The molecular formula is C16H25N2O+. The van der Waals surface area contributed by atoms with Crippen LogP contribution in [0.1, 0.15) is 24.5 Å². The molecule has 1 amide bonds. The van der Waals surface area contributed by atoms with Gasteiger partial charge in [0.05, 0.1) is 39.1 Å². The summed E-state index contributed by atoms with van der Waals surface area (Å²) in [6, 6.07) is 8.27. The van der Waals surface area contributed by atoms with Crippen LogP contribution in [-0.4, -0.2) is 43.5 Å². The van der Waals surface area contributed by atoms with Gasteiger partial charge in [0.25, 0.3) is 0 Å². The second-order valence-corrected chi connectivity index (χ2v) is 5.54. The van der Waals surface area contributed by atoms with Crippen LogP contribution < -0.4 is 4.90 Å². The Labute approximate surface area is 116 Å². The number of nitrogens with zero attached hydrogens (tertiary/aromatic N) is 1. The minimum absolute atomic E-state index is 0.277. The molecule has 0 atom stereocenters. The van der Waals surface area contributed by atoms with E-state index in [1.165, 1.54) is 18.5 Å². The topological polar surface area (TPSA) is 24.8 Å². The number of aryl methyl sites for hydroxylation is 1. The van der Waals surface area contributed by atoms with Crippen molar-refractivity contribution < 1.29 is 9.69 Å². The summed E-state index contributed by atoms with van der Waals surface area (Å²) in [5.41, 5.74) is 2.37. The summed E-state index contributed by atoms with van der Waals surface area (Å²) in [6.45, 7) is 9.57. The Morgan fingerprint density at radius 3 is 2.42 bits per heavy atom. The van der Waals surface area contributed by atoms with E-state index < -0.39 is 0 Å². The first-order valence-corrected chi connectivity index (χ1v) is 7.36. The first-order valence-electron chi connectivity index (χ1n) is 7.36. The van der Waals surface area contributed by atoms with Gasteiger partial charge in [-0.3, -0.25) is 4.79 Å². The lowest BCUT2D eigenvalue weighted by Crippen LogP contribution is -3.14. The lowest BCUT2D eigenvalue weighted by molar-refractivity contribution is -0.904. The summed E-state index contributed by atoms with van der Waals surface area (Å²) in [6.07, 6.45) is 1.77. The number of hydrogen-bond donors (Lipinski definition) is 1. The second-order valence-electron chi connectivity index (χ2n) is 5.54. The standard InChI is InChI=1S/C16H24N2O/c1-3-8-17-9-11-18(12-10-17)16(19)13-15-6-4-14(2)5-7-15/h4-7H,3,8-13H2,1-2H3/p+1. The van der Waals surface area contributed by atoms with Crippen molar-refractivity contribution in [3.8, 4) is 0 Å².